The number of benzene rings is 1. The van der Waals surface area contributed by atoms with Crippen molar-refractivity contribution in [1.82, 2.24) is 29.5 Å². The molecule has 152 valence electrons. The molecule has 2 N–H and O–H groups in total. The summed E-state index contributed by atoms with van der Waals surface area (Å²) in [5, 5.41) is 8.78. The summed E-state index contributed by atoms with van der Waals surface area (Å²) in [5.74, 6) is 0.325. The second-order valence-electron chi connectivity index (χ2n) is 7.14. The molecule has 1 aliphatic rings. The maximum absolute atomic E-state index is 6.43. The molecule has 1 fully saturated rings. The molecule has 3 aromatic heterocycles. The van der Waals surface area contributed by atoms with E-state index >= 15 is 0 Å². The van der Waals surface area contributed by atoms with Crippen molar-refractivity contribution < 1.29 is 4.74 Å². The Balaban J connectivity index is 1.67. The first-order valence-electron chi connectivity index (χ1n) is 9.70. The average molecular weight is 422 g/mol. The van der Waals surface area contributed by atoms with Crippen LogP contribution in [0.15, 0.2) is 48.8 Å². The third kappa shape index (κ3) is 3.60. The molecule has 5 rings (SSSR count). The van der Waals surface area contributed by atoms with E-state index < -0.39 is 0 Å². The molecule has 4 aromatic rings. The maximum Gasteiger partial charge on any atom is 0.207 e. The number of fused-ring (bicyclic) bond motifs is 1. The molecule has 1 aliphatic heterocycles. The van der Waals surface area contributed by atoms with Crippen LogP contribution in [0.4, 0.5) is 5.95 Å². The van der Waals surface area contributed by atoms with Crippen LogP contribution in [0.25, 0.3) is 28.0 Å². The van der Waals surface area contributed by atoms with Gasteiger partial charge in [0.15, 0.2) is 5.65 Å². The molecular weight excluding hydrogens is 402 g/mol. The largest absolute Gasteiger partial charge is 0.379 e. The van der Waals surface area contributed by atoms with Gasteiger partial charge >= 0.3 is 0 Å². The highest BCUT2D eigenvalue weighted by Crippen LogP contribution is 2.35. The van der Waals surface area contributed by atoms with Gasteiger partial charge in [-0.1, -0.05) is 41.9 Å². The Labute approximate surface area is 178 Å². The Morgan fingerprint density at radius 2 is 1.83 bits per heavy atom. The summed E-state index contributed by atoms with van der Waals surface area (Å²) in [6.45, 7) is 3.90. The van der Waals surface area contributed by atoms with E-state index in [9.17, 15) is 0 Å². The molecule has 0 amide bonds. The smallest absolute Gasteiger partial charge is 0.207 e. The Kier molecular flexibility index (Phi) is 5.04. The van der Waals surface area contributed by atoms with Crippen LogP contribution in [0.5, 0.6) is 0 Å². The number of hydrogen-bond donors (Lipinski definition) is 1. The number of aromatic nitrogens is 5. The fourth-order valence-corrected chi connectivity index (χ4v) is 3.97. The van der Waals surface area contributed by atoms with Crippen LogP contribution >= 0.6 is 11.6 Å². The van der Waals surface area contributed by atoms with Crippen LogP contribution in [0.1, 0.15) is 5.69 Å². The van der Waals surface area contributed by atoms with Crippen molar-refractivity contribution in [3.05, 3.63) is 59.6 Å². The molecular formula is C21H20ClN7O. The number of ether oxygens (including phenoxy) is 1. The zero-order valence-corrected chi connectivity index (χ0v) is 17.0. The third-order valence-electron chi connectivity index (χ3n) is 5.15. The first-order valence-corrected chi connectivity index (χ1v) is 10.1. The lowest BCUT2D eigenvalue weighted by Crippen LogP contribution is -2.35. The predicted octanol–water partition coefficient (Wildman–Crippen LogP) is 2.92. The first kappa shape index (κ1) is 18.9. The molecule has 1 aromatic carbocycles. The Morgan fingerprint density at radius 3 is 2.63 bits per heavy atom. The van der Waals surface area contributed by atoms with Crippen molar-refractivity contribution in [2.24, 2.45) is 0 Å². The summed E-state index contributed by atoms with van der Waals surface area (Å²) in [4.78, 5) is 11.5. The fraction of sp³-hybridized carbons (Fsp3) is 0.238. The summed E-state index contributed by atoms with van der Waals surface area (Å²) in [5.41, 5.74) is 11.1. The third-order valence-corrected chi connectivity index (χ3v) is 5.35. The Morgan fingerprint density at radius 1 is 1.03 bits per heavy atom. The number of halogens is 1. The van der Waals surface area contributed by atoms with Gasteiger partial charge in [-0.15, -0.1) is 10.2 Å². The van der Waals surface area contributed by atoms with Gasteiger partial charge in [-0.2, -0.15) is 0 Å². The molecule has 4 heterocycles. The van der Waals surface area contributed by atoms with Gasteiger partial charge in [-0.05, 0) is 17.7 Å². The van der Waals surface area contributed by atoms with Gasteiger partial charge in [-0.25, -0.2) is 9.97 Å². The van der Waals surface area contributed by atoms with Gasteiger partial charge in [-0.3, -0.25) is 9.30 Å². The molecule has 30 heavy (non-hydrogen) atoms. The van der Waals surface area contributed by atoms with Crippen LogP contribution in [0.3, 0.4) is 0 Å². The number of hydrogen-bond acceptors (Lipinski definition) is 7. The lowest BCUT2D eigenvalue weighted by atomic mass is 10.00. The zero-order chi connectivity index (χ0) is 20.5. The van der Waals surface area contributed by atoms with Crippen LogP contribution in [0, 0.1) is 0 Å². The van der Waals surface area contributed by atoms with Crippen LogP contribution < -0.4 is 5.73 Å². The maximum atomic E-state index is 6.43. The number of morpholine rings is 1. The second-order valence-corrected chi connectivity index (χ2v) is 7.53. The second kappa shape index (κ2) is 7.98. The normalized spacial score (nSPS) is 15.0. The minimum atomic E-state index is 0.325. The quantitative estimate of drug-likeness (QED) is 0.506. The van der Waals surface area contributed by atoms with E-state index in [-0.39, 0.29) is 0 Å². The monoisotopic (exact) mass is 421 g/mol. The van der Waals surface area contributed by atoms with E-state index in [1.54, 1.807) is 10.7 Å². The highest BCUT2D eigenvalue weighted by Gasteiger charge is 2.20. The molecule has 0 bridgehead atoms. The van der Waals surface area contributed by atoms with E-state index in [0.29, 0.717) is 23.3 Å². The molecule has 1 saturated heterocycles. The molecule has 8 nitrogen and oxygen atoms in total. The van der Waals surface area contributed by atoms with Crippen LogP contribution in [-0.2, 0) is 11.3 Å². The zero-order valence-electron chi connectivity index (χ0n) is 16.2. The molecule has 9 heteroatoms. The van der Waals surface area contributed by atoms with Crippen molar-refractivity contribution in [2.75, 3.05) is 32.0 Å². The van der Waals surface area contributed by atoms with E-state index in [1.807, 2.05) is 42.5 Å². The minimum absolute atomic E-state index is 0.325. The van der Waals surface area contributed by atoms with Crippen molar-refractivity contribution in [3.8, 4) is 22.4 Å². The van der Waals surface area contributed by atoms with Crippen molar-refractivity contribution >= 4 is 23.2 Å². The molecule has 0 atom stereocenters. The predicted molar refractivity (Wildman–Crippen MR) is 115 cm³/mol. The van der Waals surface area contributed by atoms with E-state index in [0.717, 1.165) is 54.4 Å². The van der Waals surface area contributed by atoms with Gasteiger partial charge in [0.1, 0.15) is 11.5 Å². The SMILES string of the molecule is Nc1nc(-c2ccccc2)c(-c2cc(Cl)nc(CN3CCOCC3)c2)c2nncn12. The molecule has 0 aliphatic carbocycles. The topological polar surface area (TPSA) is 94.5 Å². The van der Waals surface area contributed by atoms with E-state index in [4.69, 9.17) is 22.1 Å². The van der Waals surface area contributed by atoms with Gasteiger partial charge in [0.05, 0.1) is 30.2 Å². The number of rotatable bonds is 4. The van der Waals surface area contributed by atoms with E-state index in [2.05, 4.69) is 25.1 Å². The lowest BCUT2D eigenvalue weighted by Gasteiger charge is -2.26. The highest BCUT2D eigenvalue weighted by molar-refractivity contribution is 6.29. The molecule has 0 unspecified atom stereocenters. The Bertz CT molecular complexity index is 1190. The Hall–Kier alpha value is -3.07. The first-order chi connectivity index (χ1) is 14.7. The van der Waals surface area contributed by atoms with Crippen molar-refractivity contribution in [1.29, 1.82) is 0 Å². The van der Waals surface area contributed by atoms with Gasteiger partial charge in [0, 0.05) is 25.2 Å². The van der Waals surface area contributed by atoms with Crippen molar-refractivity contribution in [2.45, 2.75) is 6.54 Å². The molecule has 0 saturated carbocycles. The molecule has 0 radical (unpaired) electrons. The lowest BCUT2D eigenvalue weighted by molar-refractivity contribution is 0.0336. The van der Waals surface area contributed by atoms with Crippen LogP contribution in [-0.4, -0.2) is 55.8 Å². The summed E-state index contributed by atoms with van der Waals surface area (Å²) in [6, 6.07) is 13.8. The summed E-state index contributed by atoms with van der Waals surface area (Å²) >= 11 is 6.43. The number of anilines is 1. The average Bonchev–Trinajstić information content (AvgIpc) is 3.25. The van der Waals surface area contributed by atoms with Gasteiger partial charge in [0.2, 0.25) is 5.95 Å². The minimum Gasteiger partial charge on any atom is -0.379 e. The number of nitrogens with two attached hydrogens (primary N) is 1. The molecule has 0 spiro atoms. The highest BCUT2D eigenvalue weighted by atomic mass is 35.5. The number of nitrogens with zero attached hydrogens (tertiary/aromatic N) is 6. The fourth-order valence-electron chi connectivity index (χ4n) is 3.74. The summed E-state index contributed by atoms with van der Waals surface area (Å²) in [6.07, 6.45) is 1.56. The van der Waals surface area contributed by atoms with Crippen molar-refractivity contribution in [3.63, 3.8) is 0 Å². The standard InChI is InChI=1S/C21H20ClN7O/c22-17-11-15(10-16(25-17)12-28-6-8-30-9-7-28)18-19(14-4-2-1-3-5-14)26-21(23)29-13-24-27-20(18)29/h1-5,10-11,13H,6-9,12H2,(H2,23,26). The van der Waals surface area contributed by atoms with E-state index in [1.165, 1.54) is 0 Å². The number of pyridine rings is 1. The summed E-state index contributed by atoms with van der Waals surface area (Å²) in [7, 11) is 0. The summed E-state index contributed by atoms with van der Waals surface area (Å²) < 4.78 is 7.12. The van der Waals surface area contributed by atoms with Gasteiger partial charge in [0.25, 0.3) is 0 Å². The number of nitrogen functional groups attached to an aromatic ring is 1. The van der Waals surface area contributed by atoms with Gasteiger partial charge < -0.3 is 10.5 Å². The van der Waals surface area contributed by atoms with Crippen LogP contribution in [0.2, 0.25) is 5.15 Å².